The van der Waals surface area contributed by atoms with Crippen molar-refractivity contribution in [3.63, 3.8) is 0 Å². The molecule has 0 fully saturated rings. The molecule has 0 amide bonds. The Kier molecular flexibility index (Phi) is 5.05. The van der Waals surface area contributed by atoms with Crippen LogP contribution < -0.4 is 0 Å². The maximum atomic E-state index is 11.6. The highest BCUT2D eigenvalue weighted by atomic mass is 16.5. The number of aromatic carboxylic acids is 1. The van der Waals surface area contributed by atoms with Crippen molar-refractivity contribution < 1.29 is 24.2 Å². The minimum atomic E-state index is -1.19. The van der Waals surface area contributed by atoms with Gasteiger partial charge < -0.3 is 14.6 Å². The second-order valence-corrected chi connectivity index (χ2v) is 3.57. The number of hydrogen-bond acceptors (Lipinski definition) is 4. The number of aldehydes is 1. The Morgan fingerprint density at radius 3 is 2.67 bits per heavy atom. The first-order valence-electron chi connectivity index (χ1n) is 5.57. The lowest BCUT2D eigenvalue weighted by molar-refractivity contribution is -0.107. The van der Waals surface area contributed by atoms with Crippen molar-refractivity contribution in [1.29, 1.82) is 0 Å². The van der Waals surface area contributed by atoms with E-state index in [0.29, 0.717) is 18.3 Å². The summed E-state index contributed by atoms with van der Waals surface area (Å²) in [5.74, 6) is -1.86. The summed E-state index contributed by atoms with van der Waals surface area (Å²) < 4.78 is 4.81. The Labute approximate surface area is 104 Å². The molecule has 0 aliphatic carbocycles. The number of rotatable bonds is 6. The normalized spacial score (nSPS) is 9.83. The van der Waals surface area contributed by atoms with Gasteiger partial charge in [-0.2, -0.15) is 0 Å². The SMILES string of the molecule is CCOC(=O)c1cccc(CCC=O)c1C(=O)O. The summed E-state index contributed by atoms with van der Waals surface area (Å²) in [4.78, 5) is 33.2. The van der Waals surface area contributed by atoms with E-state index in [1.165, 1.54) is 6.07 Å². The fourth-order valence-corrected chi connectivity index (χ4v) is 1.65. The van der Waals surface area contributed by atoms with Crippen molar-refractivity contribution in [1.82, 2.24) is 0 Å². The molecule has 0 aliphatic rings. The van der Waals surface area contributed by atoms with Gasteiger partial charge in [-0.05, 0) is 25.0 Å². The van der Waals surface area contributed by atoms with Gasteiger partial charge in [0, 0.05) is 6.42 Å². The van der Waals surface area contributed by atoms with Crippen molar-refractivity contribution in [2.75, 3.05) is 6.61 Å². The standard InChI is InChI=1S/C13H14O5/c1-2-18-13(17)10-7-3-5-9(6-4-8-14)11(10)12(15)16/h3,5,7-8H,2,4,6H2,1H3,(H,15,16). The van der Waals surface area contributed by atoms with Crippen LogP contribution in [0.1, 0.15) is 39.6 Å². The molecular weight excluding hydrogens is 236 g/mol. The van der Waals surface area contributed by atoms with E-state index in [2.05, 4.69) is 0 Å². The summed E-state index contributed by atoms with van der Waals surface area (Å²) in [7, 11) is 0. The average molecular weight is 250 g/mol. The third kappa shape index (κ3) is 3.16. The zero-order valence-electron chi connectivity index (χ0n) is 10.0. The third-order valence-corrected chi connectivity index (χ3v) is 2.39. The molecule has 0 saturated carbocycles. The Bertz CT molecular complexity index is 464. The monoisotopic (exact) mass is 250 g/mol. The van der Waals surface area contributed by atoms with Crippen LogP contribution in [0, 0.1) is 0 Å². The first-order chi connectivity index (χ1) is 8.61. The van der Waals surface area contributed by atoms with Crippen LogP contribution >= 0.6 is 0 Å². The van der Waals surface area contributed by atoms with Crippen LogP contribution in [0.15, 0.2) is 18.2 Å². The molecule has 0 saturated heterocycles. The molecule has 0 atom stereocenters. The molecule has 0 spiro atoms. The number of aryl methyl sites for hydroxylation is 1. The van der Waals surface area contributed by atoms with Crippen LogP contribution in [0.5, 0.6) is 0 Å². The molecule has 0 radical (unpaired) electrons. The van der Waals surface area contributed by atoms with Crippen molar-refractivity contribution >= 4 is 18.2 Å². The van der Waals surface area contributed by atoms with E-state index in [9.17, 15) is 14.4 Å². The predicted octanol–water partition coefficient (Wildman–Crippen LogP) is 1.69. The number of carbonyl (C=O) groups is 3. The van der Waals surface area contributed by atoms with Gasteiger partial charge in [0.1, 0.15) is 6.29 Å². The van der Waals surface area contributed by atoms with Crippen LogP contribution in [0.4, 0.5) is 0 Å². The highest BCUT2D eigenvalue weighted by Crippen LogP contribution is 2.17. The minimum absolute atomic E-state index is 0.0211. The van der Waals surface area contributed by atoms with Gasteiger partial charge in [0.05, 0.1) is 17.7 Å². The molecule has 1 aromatic carbocycles. The Hall–Kier alpha value is -2.17. The number of esters is 1. The molecule has 5 heteroatoms. The Balaban J connectivity index is 3.20. The predicted molar refractivity (Wildman–Crippen MR) is 63.7 cm³/mol. The number of carboxylic acids is 1. The summed E-state index contributed by atoms with van der Waals surface area (Å²) >= 11 is 0. The van der Waals surface area contributed by atoms with Crippen LogP contribution in [0.3, 0.4) is 0 Å². The quantitative estimate of drug-likeness (QED) is 0.613. The second kappa shape index (κ2) is 6.54. The van der Waals surface area contributed by atoms with E-state index in [4.69, 9.17) is 9.84 Å². The smallest absolute Gasteiger partial charge is 0.339 e. The van der Waals surface area contributed by atoms with E-state index < -0.39 is 11.9 Å². The van der Waals surface area contributed by atoms with Gasteiger partial charge in [0.15, 0.2) is 0 Å². The Morgan fingerprint density at radius 1 is 1.39 bits per heavy atom. The fourth-order valence-electron chi connectivity index (χ4n) is 1.65. The summed E-state index contributed by atoms with van der Waals surface area (Å²) in [6.45, 7) is 1.82. The fraction of sp³-hybridized carbons (Fsp3) is 0.308. The summed E-state index contributed by atoms with van der Waals surface area (Å²) in [6.07, 6.45) is 1.22. The van der Waals surface area contributed by atoms with E-state index in [1.54, 1.807) is 19.1 Å². The van der Waals surface area contributed by atoms with Gasteiger partial charge in [-0.3, -0.25) is 0 Å². The third-order valence-electron chi connectivity index (χ3n) is 2.39. The highest BCUT2D eigenvalue weighted by Gasteiger charge is 2.20. The van der Waals surface area contributed by atoms with E-state index in [1.807, 2.05) is 0 Å². The topological polar surface area (TPSA) is 80.7 Å². The van der Waals surface area contributed by atoms with Crippen LogP contribution in [0.25, 0.3) is 0 Å². The number of carboxylic acid groups (broad SMARTS) is 1. The molecule has 1 N–H and O–H groups in total. The van der Waals surface area contributed by atoms with Crippen molar-refractivity contribution in [2.24, 2.45) is 0 Å². The van der Waals surface area contributed by atoms with Crippen LogP contribution in [0.2, 0.25) is 0 Å². The lowest BCUT2D eigenvalue weighted by atomic mass is 9.98. The maximum Gasteiger partial charge on any atom is 0.339 e. The highest BCUT2D eigenvalue weighted by molar-refractivity contribution is 6.03. The second-order valence-electron chi connectivity index (χ2n) is 3.57. The largest absolute Gasteiger partial charge is 0.478 e. The maximum absolute atomic E-state index is 11.6. The van der Waals surface area contributed by atoms with E-state index in [0.717, 1.165) is 0 Å². The van der Waals surface area contributed by atoms with Crippen LogP contribution in [-0.2, 0) is 16.0 Å². The first-order valence-corrected chi connectivity index (χ1v) is 5.57. The van der Waals surface area contributed by atoms with Crippen molar-refractivity contribution in [2.45, 2.75) is 19.8 Å². The number of carbonyl (C=O) groups excluding carboxylic acids is 2. The number of hydrogen-bond donors (Lipinski definition) is 1. The lowest BCUT2D eigenvalue weighted by Gasteiger charge is -2.09. The summed E-state index contributed by atoms with van der Waals surface area (Å²) in [5, 5.41) is 9.17. The van der Waals surface area contributed by atoms with Crippen molar-refractivity contribution in [3.05, 3.63) is 34.9 Å². The molecule has 0 aliphatic heterocycles. The van der Waals surface area contributed by atoms with Gasteiger partial charge in [-0.1, -0.05) is 12.1 Å². The number of ether oxygens (including phenoxy) is 1. The molecular formula is C13H14O5. The Morgan fingerprint density at radius 2 is 2.11 bits per heavy atom. The van der Waals surface area contributed by atoms with Gasteiger partial charge in [0.2, 0.25) is 0 Å². The van der Waals surface area contributed by atoms with Gasteiger partial charge in [0.25, 0.3) is 0 Å². The summed E-state index contributed by atoms with van der Waals surface area (Å²) in [5.41, 5.74) is 0.394. The van der Waals surface area contributed by atoms with Crippen LogP contribution in [-0.4, -0.2) is 29.9 Å². The van der Waals surface area contributed by atoms with Crippen molar-refractivity contribution in [3.8, 4) is 0 Å². The molecule has 1 rings (SSSR count). The molecule has 0 heterocycles. The first kappa shape index (κ1) is 13.9. The molecule has 96 valence electrons. The molecule has 18 heavy (non-hydrogen) atoms. The average Bonchev–Trinajstić information content (AvgIpc) is 2.35. The molecule has 0 aromatic heterocycles. The molecule has 0 bridgehead atoms. The zero-order chi connectivity index (χ0) is 13.5. The van der Waals surface area contributed by atoms with E-state index in [-0.39, 0.29) is 24.2 Å². The molecule has 0 unspecified atom stereocenters. The van der Waals surface area contributed by atoms with Gasteiger partial charge in [-0.25, -0.2) is 9.59 Å². The van der Waals surface area contributed by atoms with E-state index >= 15 is 0 Å². The summed E-state index contributed by atoms with van der Waals surface area (Å²) in [6, 6.07) is 4.58. The van der Waals surface area contributed by atoms with Gasteiger partial charge in [-0.15, -0.1) is 0 Å². The minimum Gasteiger partial charge on any atom is -0.478 e. The zero-order valence-corrected chi connectivity index (χ0v) is 10.0. The number of benzene rings is 1. The van der Waals surface area contributed by atoms with Gasteiger partial charge >= 0.3 is 11.9 Å². The molecule has 1 aromatic rings. The molecule has 5 nitrogen and oxygen atoms in total. The lowest BCUT2D eigenvalue weighted by Crippen LogP contribution is -2.14.